The summed E-state index contributed by atoms with van der Waals surface area (Å²) in [5.74, 6) is -0.617. The van der Waals surface area contributed by atoms with Gasteiger partial charge in [-0.3, -0.25) is 9.59 Å². The van der Waals surface area contributed by atoms with Gasteiger partial charge in [0.1, 0.15) is 0 Å². The van der Waals surface area contributed by atoms with Crippen molar-refractivity contribution >= 4 is 11.9 Å². The molecular weight excluding hydrogens is 288 g/mol. The molecule has 2 N–H and O–H groups in total. The lowest BCUT2D eigenvalue weighted by Gasteiger charge is -2.30. The smallest absolute Gasteiger partial charge is 0.305 e. The maximum absolute atomic E-state index is 12.3. The molecule has 1 amide bonds. The van der Waals surface area contributed by atoms with E-state index in [0.29, 0.717) is 24.4 Å². The quantitative estimate of drug-likeness (QED) is 0.814. The fraction of sp³-hybridized carbons (Fsp3) is 0.400. The van der Waals surface area contributed by atoms with Crippen LogP contribution in [0.5, 0.6) is 0 Å². The lowest BCUT2D eigenvalue weighted by atomic mass is 9.89. The fourth-order valence-electron chi connectivity index (χ4n) is 2.23. The predicted octanol–water partition coefficient (Wildman–Crippen LogP) is 2.70. The van der Waals surface area contributed by atoms with Crippen LogP contribution in [0.2, 0.25) is 0 Å². The van der Waals surface area contributed by atoms with Crippen molar-refractivity contribution < 1.29 is 23.6 Å². The Hall–Kier alpha value is -2.57. The van der Waals surface area contributed by atoms with Crippen molar-refractivity contribution in [1.29, 1.82) is 0 Å². The minimum Gasteiger partial charge on any atom is -0.481 e. The molecule has 22 heavy (non-hydrogen) atoms. The average molecular weight is 306 g/mol. The van der Waals surface area contributed by atoms with Gasteiger partial charge in [-0.25, -0.2) is 0 Å². The maximum Gasteiger partial charge on any atom is 0.305 e. The number of nitrogens with one attached hydrogen (secondary N) is 1. The van der Waals surface area contributed by atoms with Gasteiger partial charge in [-0.15, -0.1) is 0 Å². The number of amides is 1. The number of carbonyl (C=O) groups is 2. The first-order valence-electron chi connectivity index (χ1n) is 7.04. The van der Waals surface area contributed by atoms with Crippen LogP contribution in [-0.2, 0) is 4.79 Å². The van der Waals surface area contributed by atoms with Gasteiger partial charge < -0.3 is 19.4 Å². The van der Waals surface area contributed by atoms with Gasteiger partial charge in [-0.2, -0.15) is 0 Å². The van der Waals surface area contributed by atoms with Crippen LogP contribution in [0.4, 0.5) is 0 Å². The number of hydrogen-bond donors (Lipinski definition) is 2. The van der Waals surface area contributed by atoms with E-state index in [4.69, 9.17) is 14.0 Å². The molecule has 2 rings (SSSR count). The third-order valence-electron chi connectivity index (χ3n) is 3.73. The van der Waals surface area contributed by atoms with E-state index in [1.165, 1.54) is 12.3 Å². The lowest BCUT2D eigenvalue weighted by molar-refractivity contribution is -0.138. The minimum atomic E-state index is -0.958. The number of rotatable bonds is 7. The van der Waals surface area contributed by atoms with Crippen molar-refractivity contribution in [3.05, 3.63) is 30.2 Å². The molecule has 0 saturated heterocycles. The van der Waals surface area contributed by atoms with E-state index in [0.717, 1.165) is 0 Å². The second kappa shape index (κ2) is 6.46. The van der Waals surface area contributed by atoms with Crippen LogP contribution >= 0.6 is 0 Å². The van der Waals surface area contributed by atoms with Crippen molar-refractivity contribution in [2.75, 3.05) is 0 Å². The minimum absolute atomic E-state index is 0.0862. The van der Waals surface area contributed by atoms with E-state index in [-0.39, 0.29) is 12.1 Å². The molecule has 0 bridgehead atoms. The number of hydrogen-bond acceptors (Lipinski definition) is 5. The van der Waals surface area contributed by atoms with Crippen molar-refractivity contribution in [3.63, 3.8) is 0 Å². The summed E-state index contributed by atoms with van der Waals surface area (Å²) in [7, 11) is 0. The monoisotopic (exact) mass is 306 g/mol. The van der Waals surface area contributed by atoms with Gasteiger partial charge in [0, 0.05) is 6.07 Å². The molecule has 0 aromatic carbocycles. The molecule has 0 unspecified atom stereocenters. The molecule has 7 heteroatoms. The summed E-state index contributed by atoms with van der Waals surface area (Å²) in [6.07, 6.45) is 2.35. The zero-order chi connectivity index (χ0) is 16.2. The molecule has 0 radical (unpaired) electrons. The van der Waals surface area contributed by atoms with Crippen LogP contribution in [0.15, 0.2) is 33.4 Å². The predicted molar refractivity (Wildman–Crippen MR) is 77.2 cm³/mol. The Kier molecular flexibility index (Phi) is 4.65. The highest BCUT2D eigenvalue weighted by Crippen LogP contribution is 2.23. The first kappa shape index (κ1) is 15.8. The first-order chi connectivity index (χ1) is 10.5. The van der Waals surface area contributed by atoms with Crippen molar-refractivity contribution in [3.8, 4) is 11.5 Å². The Labute approximate surface area is 127 Å². The van der Waals surface area contributed by atoms with Crippen molar-refractivity contribution in [1.82, 2.24) is 10.5 Å². The van der Waals surface area contributed by atoms with Gasteiger partial charge in [0.15, 0.2) is 11.5 Å². The summed E-state index contributed by atoms with van der Waals surface area (Å²) in [5, 5.41) is 15.5. The third-order valence-corrected chi connectivity index (χ3v) is 3.73. The number of carbonyl (C=O) groups excluding carboxylic acids is 1. The normalized spacial score (nSPS) is 11.4. The standard InChI is InChI=1S/C15H18N2O5/c1-3-15(4-2,9-13(18)19)16-14(20)10-8-12(22-17-10)11-6-5-7-21-11/h5-8H,3-4,9H2,1-2H3,(H,16,20)(H,18,19). The molecule has 0 aliphatic heterocycles. The number of carboxylic acid groups (broad SMARTS) is 1. The second-order valence-electron chi connectivity index (χ2n) is 5.07. The van der Waals surface area contributed by atoms with Gasteiger partial charge >= 0.3 is 5.97 Å². The molecule has 2 aromatic rings. The van der Waals surface area contributed by atoms with Gasteiger partial charge in [0.25, 0.3) is 5.91 Å². The largest absolute Gasteiger partial charge is 0.481 e. The maximum atomic E-state index is 12.3. The van der Waals surface area contributed by atoms with Gasteiger partial charge in [0.2, 0.25) is 5.76 Å². The Morgan fingerprint density at radius 1 is 1.32 bits per heavy atom. The average Bonchev–Trinajstić information content (AvgIpc) is 3.16. The van der Waals surface area contributed by atoms with Crippen LogP contribution in [0.25, 0.3) is 11.5 Å². The zero-order valence-electron chi connectivity index (χ0n) is 12.5. The van der Waals surface area contributed by atoms with E-state index in [2.05, 4.69) is 10.5 Å². The van der Waals surface area contributed by atoms with Gasteiger partial charge in [-0.05, 0) is 25.0 Å². The zero-order valence-corrected chi connectivity index (χ0v) is 12.5. The lowest BCUT2D eigenvalue weighted by Crippen LogP contribution is -2.49. The molecule has 118 valence electrons. The van der Waals surface area contributed by atoms with Crippen molar-refractivity contribution in [2.45, 2.75) is 38.6 Å². The third kappa shape index (κ3) is 3.36. The van der Waals surface area contributed by atoms with Crippen LogP contribution in [-0.4, -0.2) is 27.7 Å². The second-order valence-corrected chi connectivity index (χ2v) is 5.07. The highest BCUT2D eigenvalue weighted by atomic mass is 16.5. The molecule has 0 saturated carbocycles. The van der Waals surface area contributed by atoms with Crippen LogP contribution in [0.1, 0.15) is 43.6 Å². The number of aliphatic carboxylic acids is 1. The van der Waals surface area contributed by atoms with Crippen molar-refractivity contribution in [2.24, 2.45) is 0 Å². The van der Waals surface area contributed by atoms with E-state index in [1.807, 2.05) is 13.8 Å². The van der Waals surface area contributed by atoms with Crippen LogP contribution in [0, 0.1) is 0 Å². The Morgan fingerprint density at radius 2 is 2.05 bits per heavy atom. The summed E-state index contributed by atoms with van der Waals surface area (Å²) < 4.78 is 10.2. The summed E-state index contributed by atoms with van der Waals surface area (Å²) in [6, 6.07) is 4.85. The van der Waals surface area contributed by atoms with Gasteiger partial charge in [0.05, 0.1) is 18.2 Å². The first-order valence-corrected chi connectivity index (χ1v) is 7.04. The summed E-state index contributed by atoms with van der Waals surface area (Å²) in [6.45, 7) is 3.67. The molecule has 0 aliphatic carbocycles. The van der Waals surface area contributed by atoms with E-state index >= 15 is 0 Å². The molecular formula is C15H18N2O5. The SMILES string of the molecule is CCC(CC)(CC(=O)O)NC(=O)c1cc(-c2ccco2)on1. The van der Waals surface area contributed by atoms with E-state index < -0.39 is 17.4 Å². The summed E-state index contributed by atoms with van der Waals surface area (Å²) in [4.78, 5) is 23.3. The number of furan rings is 1. The molecule has 2 heterocycles. The number of nitrogens with zero attached hydrogens (tertiary/aromatic N) is 1. The molecule has 7 nitrogen and oxygen atoms in total. The number of carboxylic acids is 1. The topological polar surface area (TPSA) is 106 Å². The summed E-state index contributed by atoms with van der Waals surface area (Å²) >= 11 is 0. The summed E-state index contributed by atoms with van der Waals surface area (Å²) in [5.41, 5.74) is -0.713. The Bertz CT molecular complexity index is 641. The van der Waals surface area contributed by atoms with Gasteiger partial charge in [-0.1, -0.05) is 19.0 Å². The molecule has 2 aromatic heterocycles. The number of aromatic nitrogens is 1. The molecule has 0 aliphatic rings. The Balaban J connectivity index is 2.15. The molecule has 0 spiro atoms. The van der Waals surface area contributed by atoms with E-state index in [9.17, 15) is 9.59 Å². The van der Waals surface area contributed by atoms with Crippen LogP contribution < -0.4 is 5.32 Å². The highest BCUT2D eigenvalue weighted by Gasteiger charge is 2.32. The molecule has 0 atom stereocenters. The fourth-order valence-corrected chi connectivity index (χ4v) is 2.23. The van der Waals surface area contributed by atoms with E-state index in [1.54, 1.807) is 12.1 Å². The van der Waals surface area contributed by atoms with Crippen LogP contribution in [0.3, 0.4) is 0 Å². The highest BCUT2D eigenvalue weighted by molar-refractivity contribution is 5.93. The molecule has 0 fully saturated rings. The Morgan fingerprint density at radius 3 is 2.59 bits per heavy atom.